The first-order chi connectivity index (χ1) is 15.5. The fraction of sp³-hybridized carbons (Fsp3) is 0.423. The molecule has 0 saturated heterocycles. The van der Waals surface area contributed by atoms with Gasteiger partial charge in [-0.3, -0.25) is 10.2 Å². The second kappa shape index (κ2) is 9.55. The van der Waals surface area contributed by atoms with E-state index in [1.54, 1.807) is 4.79 Å². The number of benzene rings is 1. The van der Waals surface area contributed by atoms with Gasteiger partial charge < -0.3 is 5.32 Å². The largest absolute Gasteiger partial charge is 0.351 e. The number of carbonyl (C=O) groups excluding carboxylic acids is 1. The van der Waals surface area contributed by atoms with Crippen molar-refractivity contribution >= 4 is 16.9 Å². The van der Waals surface area contributed by atoms with Crippen LogP contribution in [0.2, 0.25) is 0 Å². The maximum absolute atomic E-state index is 12.8. The summed E-state index contributed by atoms with van der Waals surface area (Å²) < 4.78 is 0. The van der Waals surface area contributed by atoms with Crippen LogP contribution in [0.5, 0.6) is 0 Å². The highest BCUT2D eigenvalue weighted by Crippen LogP contribution is 2.37. The van der Waals surface area contributed by atoms with Crippen molar-refractivity contribution in [1.82, 2.24) is 20.4 Å². The summed E-state index contributed by atoms with van der Waals surface area (Å²) in [7, 11) is 0. The zero-order valence-electron chi connectivity index (χ0n) is 19.1. The Hall–Kier alpha value is -3.15. The number of aromatic nitrogens is 3. The molecule has 6 nitrogen and oxygen atoms in total. The average Bonchev–Trinajstić information content (AvgIpc) is 3.35. The first-order valence-electron chi connectivity index (χ1n) is 11.6. The van der Waals surface area contributed by atoms with Gasteiger partial charge in [-0.25, -0.2) is 0 Å². The fourth-order valence-corrected chi connectivity index (χ4v) is 4.63. The first kappa shape index (κ1) is 22.1. The van der Waals surface area contributed by atoms with Crippen molar-refractivity contribution in [2.75, 3.05) is 5.43 Å². The van der Waals surface area contributed by atoms with Gasteiger partial charge in [0, 0.05) is 11.5 Å². The maximum atomic E-state index is 12.8. The zero-order chi connectivity index (χ0) is 22.6. The van der Waals surface area contributed by atoms with Crippen molar-refractivity contribution in [3.05, 3.63) is 72.5 Å². The third-order valence-electron chi connectivity index (χ3n) is 6.72. The molecule has 0 spiro atoms. The summed E-state index contributed by atoms with van der Waals surface area (Å²) >= 11 is 0. The second-order valence-corrected chi connectivity index (χ2v) is 9.19. The minimum Gasteiger partial charge on any atom is -0.351 e. The highest BCUT2D eigenvalue weighted by Gasteiger charge is 2.38. The van der Waals surface area contributed by atoms with Gasteiger partial charge in [-0.05, 0) is 68.4 Å². The number of nitrogens with zero attached hydrogens (tertiary/aromatic N) is 3. The van der Waals surface area contributed by atoms with Gasteiger partial charge in [0.2, 0.25) is 5.91 Å². The van der Waals surface area contributed by atoms with E-state index in [4.69, 9.17) is 0 Å². The van der Waals surface area contributed by atoms with Crippen LogP contribution in [-0.2, 0) is 4.79 Å². The van der Waals surface area contributed by atoms with E-state index >= 15 is 0 Å². The molecule has 1 amide bonds. The SMILES string of the molecule is C=C(Nn1nnc2ccccc21)C(/C=C\C)=C/C=C/[C@@H]1CCC1C(=O)NC1(C)CCCC1. The van der Waals surface area contributed by atoms with Crippen molar-refractivity contribution < 1.29 is 4.79 Å². The lowest BCUT2D eigenvalue weighted by Crippen LogP contribution is -2.49. The molecule has 32 heavy (non-hydrogen) atoms. The number of hydrogen-bond acceptors (Lipinski definition) is 4. The van der Waals surface area contributed by atoms with E-state index < -0.39 is 0 Å². The Balaban J connectivity index is 1.39. The molecule has 168 valence electrons. The summed E-state index contributed by atoms with van der Waals surface area (Å²) in [5.41, 5.74) is 6.60. The Morgan fingerprint density at radius 1 is 1.25 bits per heavy atom. The van der Waals surface area contributed by atoms with Crippen LogP contribution >= 0.6 is 0 Å². The number of amides is 1. The fourth-order valence-electron chi connectivity index (χ4n) is 4.63. The van der Waals surface area contributed by atoms with Gasteiger partial charge >= 0.3 is 0 Å². The Bertz CT molecular complexity index is 1070. The molecule has 1 aromatic carbocycles. The molecule has 2 fully saturated rings. The quantitative estimate of drug-likeness (QED) is 0.576. The molecule has 2 atom stereocenters. The Morgan fingerprint density at radius 2 is 2.03 bits per heavy atom. The highest BCUT2D eigenvalue weighted by atomic mass is 16.2. The van der Waals surface area contributed by atoms with E-state index in [9.17, 15) is 4.79 Å². The van der Waals surface area contributed by atoms with E-state index in [1.807, 2.05) is 55.5 Å². The molecule has 2 N–H and O–H groups in total. The van der Waals surface area contributed by atoms with Gasteiger partial charge in [0.1, 0.15) is 11.0 Å². The molecule has 6 heteroatoms. The van der Waals surface area contributed by atoms with Crippen LogP contribution in [0, 0.1) is 11.8 Å². The minimum absolute atomic E-state index is 0.00509. The first-order valence-corrected chi connectivity index (χ1v) is 11.6. The predicted molar refractivity (Wildman–Crippen MR) is 129 cm³/mol. The molecule has 0 bridgehead atoms. The van der Waals surface area contributed by atoms with Crippen molar-refractivity contribution in [2.45, 2.75) is 57.9 Å². The number of para-hydroxylation sites is 1. The lowest BCUT2D eigenvalue weighted by atomic mass is 9.72. The Morgan fingerprint density at radius 3 is 2.75 bits per heavy atom. The summed E-state index contributed by atoms with van der Waals surface area (Å²) in [4.78, 5) is 14.4. The number of allylic oxidation sites excluding steroid dienone is 5. The van der Waals surface area contributed by atoms with Gasteiger partial charge in [0.25, 0.3) is 0 Å². The van der Waals surface area contributed by atoms with Crippen LogP contribution < -0.4 is 10.7 Å². The van der Waals surface area contributed by atoms with Crippen molar-refractivity contribution in [3.63, 3.8) is 0 Å². The van der Waals surface area contributed by atoms with E-state index in [1.165, 1.54) is 12.8 Å². The summed E-state index contributed by atoms with van der Waals surface area (Å²) in [6, 6.07) is 7.78. The summed E-state index contributed by atoms with van der Waals surface area (Å²) in [6.45, 7) is 8.34. The molecule has 2 aliphatic rings. The monoisotopic (exact) mass is 431 g/mol. The minimum atomic E-state index is -0.00509. The van der Waals surface area contributed by atoms with E-state index in [0.29, 0.717) is 5.92 Å². The predicted octanol–water partition coefficient (Wildman–Crippen LogP) is 5.02. The molecular formula is C26H33N5O. The van der Waals surface area contributed by atoms with Gasteiger partial charge in [0.05, 0.1) is 5.70 Å². The topological polar surface area (TPSA) is 71.8 Å². The van der Waals surface area contributed by atoms with Crippen LogP contribution in [0.4, 0.5) is 0 Å². The zero-order valence-corrected chi connectivity index (χ0v) is 19.1. The second-order valence-electron chi connectivity index (χ2n) is 9.19. The third-order valence-corrected chi connectivity index (χ3v) is 6.72. The molecule has 2 aliphatic carbocycles. The molecule has 0 radical (unpaired) electrons. The van der Waals surface area contributed by atoms with Crippen molar-refractivity contribution in [2.24, 2.45) is 11.8 Å². The molecule has 0 aliphatic heterocycles. The van der Waals surface area contributed by atoms with Crippen LogP contribution in [0.25, 0.3) is 11.0 Å². The number of nitrogens with one attached hydrogen (secondary N) is 2. The van der Waals surface area contributed by atoms with E-state index in [2.05, 4.69) is 40.6 Å². The van der Waals surface area contributed by atoms with Gasteiger partial charge in [-0.2, -0.15) is 4.79 Å². The van der Waals surface area contributed by atoms with E-state index in [0.717, 1.165) is 48.0 Å². The Labute approximate surface area is 190 Å². The van der Waals surface area contributed by atoms with Gasteiger partial charge in [-0.1, -0.05) is 61.9 Å². The van der Waals surface area contributed by atoms with Crippen LogP contribution in [0.3, 0.4) is 0 Å². The van der Waals surface area contributed by atoms with Crippen molar-refractivity contribution in [3.8, 4) is 0 Å². The molecule has 1 unspecified atom stereocenters. The molecular weight excluding hydrogens is 398 g/mol. The molecule has 2 saturated carbocycles. The summed E-state index contributed by atoms with van der Waals surface area (Å²) in [5.74, 6) is 0.603. The lowest BCUT2D eigenvalue weighted by molar-refractivity contribution is -0.131. The van der Waals surface area contributed by atoms with Crippen LogP contribution in [0.15, 0.2) is 72.5 Å². The third kappa shape index (κ3) is 4.85. The summed E-state index contributed by atoms with van der Waals surface area (Å²) in [6.07, 6.45) is 16.9. The van der Waals surface area contributed by atoms with Crippen LogP contribution in [0.1, 0.15) is 52.4 Å². The van der Waals surface area contributed by atoms with Gasteiger partial charge in [-0.15, -0.1) is 5.10 Å². The molecule has 2 aromatic rings. The standard InChI is InChI=1S/C26H33N5O/c1-4-10-20(19(2)29-31-24-14-6-5-13-23(24)28-30-31)11-9-12-21-15-16-22(21)25(32)27-26(3)17-7-8-18-26/h4-6,9-14,21-22,29H,2,7-8,15-18H2,1,3H3,(H,27,32)/b10-4-,12-9+,20-11+/t21-,22?/m1/s1. The highest BCUT2D eigenvalue weighted by molar-refractivity contribution is 5.81. The van der Waals surface area contributed by atoms with Gasteiger partial charge in [0.15, 0.2) is 0 Å². The Kier molecular flexibility index (Phi) is 6.58. The summed E-state index contributed by atoms with van der Waals surface area (Å²) in [5, 5.41) is 11.7. The molecule has 4 rings (SSSR count). The number of fused-ring (bicyclic) bond motifs is 1. The van der Waals surface area contributed by atoms with E-state index in [-0.39, 0.29) is 17.4 Å². The number of carbonyl (C=O) groups is 1. The average molecular weight is 432 g/mol. The van der Waals surface area contributed by atoms with Crippen LogP contribution in [-0.4, -0.2) is 26.5 Å². The lowest BCUT2D eigenvalue weighted by Gasteiger charge is -2.36. The number of rotatable bonds is 8. The molecule has 1 heterocycles. The smallest absolute Gasteiger partial charge is 0.224 e. The maximum Gasteiger partial charge on any atom is 0.224 e. The number of hydrogen-bond donors (Lipinski definition) is 2. The van der Waals surface area contributed by atoms with Crippen molar-refractivity contribution in [1.29, 1.82) is 0 Å². The normalized spacial score (nSPS) is 23.0. The molecule has 1 aromatic heterocycles.